The molecule has 1 heteroatoms. The van der Waals surface area contributed by atoms with Crippen molar-refractivity contribution in [1.29, 1.82) is 0 Å². The van der Waals surface area contributed by atoms with E-state index in [0.717, 1.165) is 12.8 Å². The molecule has 0 aromatic carbocycles. The molecule has 1 aliphatic carbocycles. The van der Waals surface area contributed by atoms with Gasteiger partial charge in [0.05, 0.1) is 6.10 Å². The lowest BCUT2D eigenvalue weighted by Gasteiger charge is -2.38. The summed E-state index contributed by atoms with van der Waals surface area (Å²) in [6.45, 7) is 8.07. The van der Waals surface area contributed by atoms with Gasteiger partial charge in [0.1, 0.15) is 0 Å². The first kappa shape index (κ1) is 8.79. The van der Waals surface area contributed by atoms with Crippen LogP contribution in [0.4, 0.5) is 0 Å². The van der Waals surface area contributed by atoms with Crippen LogP contribution in [-0.4, -0.2) is 11.2 Å². The number of aliphatic hydroxyl groups excluding tert-OH is 1. The molecule has 1 rings (SSSR count). The number of rotatable bonds is 1. The zero-order chi connectivity index (χ0) is 8.48. The van der Waals surface area contributed by atoms with Crippen LogP contribution in [0.25, 0.3) is 0 Å². The summed E-state index contributed by atoms with van der Waals surface area (Å²) in [7, 11) is 0. The van der Waals surface area contributed by atoms with Gasteiger partial charge in [-0.15, -0.1) is 6.58 Å². The summed E-state index contributed by atoms with van der Waals surface area (Å²) in [5.41, 5.74) is -0.0213. The zero-order valence-corrected chi connectivity index (χ0v) is 7.51. The topological polar surface area (TPSA) is 20.2 Å². The average molecular weight is 154 g/mol. The number of hydrogen-bond donors (Lipinski definition) is 1. The van der Waals surface area contributed by atoms with Gasteiger partial charge in [0, 0.05) is 5.41 Å². The molecule has 0 saturated heterocycles. The van der Waals surface area contributed by atoms with Gasteiger partial charge in [-0.05, 0) is 25.2 Å². The minimum atomic E-state index is -0.177. The summed E-state index contributed by atoms with van der Waals surface area (Å²) in [5.74, 6) is 0.679. The van der Waals surface area contributed by atoms with Crippen molar-refractivity contribution in [1.82, 2.24) is 0 Å². The predicted molar refractivity (Wildman–Crippen MR) is 47.3 cm³/mol. The molecule has 1 N–H and O–H groups in total. The third-order valence-corrected chi connectivity index (χ3v) is 3.03. The molecule has 0 radical (unpaired) electrons. The Kier molecular flexibility index (Phi) is 2.38. The van der Waals surface area contributed by atoms with Gasteiger partial charge in [0.15, 0.2) is 0 Å². The number of aliphatic hydroxyl groups is 1. The summed E-state index contributed by atoms with van der Waals surface area (Å²) < 4.78 is 0. The Morgan fingerprint density at radius 2 is 2.27 bits per heavy atom. The quantitative estimate of drug-likeness (QED) is 0.575. The molecule has 1 fully saturated rings. The van der Waals surface area contributed by atoms with E-state index in [4.69, 9.17) is 0 Å². The maximum Gasteiger partial charge on any atom is 0.0630 e. The van der Waals surface area contributed by atoms with Crippen LogP contribution in [0.2, 0.25) is 0 Å². The molecule has 3 atom stereocenters. The summed E-state index contributed by atoms with van der Waals surface area (Å²) >= 11 is 0. The third-order valence-electron chi connectivity index (χ3n) is 3.03. The smallest absolute Gasteiger partial charge is 0.0630 e. The van der Waals surface area contributed by atoms with Crippen LogP contribution in [0.1, 0.15) is 33.1 Å². The highest BCUT2D eigenvalue weighted by molar-refractivity contribution is 4.99. The van der Waals surface area contributed by atoms with Crippen LogP contribution in [0.3, 0.4) is 0 Å². The van der Waals surface area contributed by atoms with Crippen LogP contribution in [0.5, 0.6) is 0 Å². The highest BCUT2D eigenvalue weighted by atomic mass is 16.3. The Bertz CT molecular complexity index is 153. The standard InChI is InChI=1S/C10H18O/c1-4-10(3)6-5-8(2)7-9(10)11/h4,8-9,11H,1,5-7H2,2-3H3. The van der Waals surface area contributed by atoms with Crippen molar-refractivity contribution in [2.75, 3.05) is 0 Å². The summed E-state index contributed by atoms with van der Waals surface area (Å²) in [5, 5.41) is 9.73. The first-order valence-corrected chi connectivity index (χ1v) is 4.40. The van der Waals surface area contributed by atoms with E-state index in [2.05, 4.69) is 20.4 Å². The van der Waals surface area contributed by atoms with Crippen molar-refractivity contribution >= 4 is 0 Å². The molecule has 0 aliphatic heterocycles. The molecule has 0 amide bonds. The minimum absolute atomic E-state index is 0.0213. The lowest BCUT2D eigenvalue weighted by Crippen LogP contribution is -2.36. The van der Waals surface area contributed by atoms with E-state index in [1.165, 1.54) is 6.42 Å². The fraction of sp³-hybridized carbons (Fsp3) is 0.800. The highest BCUT2D eigenvalue weighted by Crippen LogP contribution is 2.39. The summed E-state index contributed by atoms with van der Waals surface area (Å²) in [6, 6.07) is 0. The van der Waals surface area contributed by atoms with Gasteiger partial charge in [-0.3, -0.25) is 0 Å². The molecule has 64 valence electrons. The van der Waals surface area contributed by atoms with Gasteiger partial charge in [-0.1, -0.05) is 19.9 Å². The van der Waals surface area contributed by atoms with Crippen molar-refractivity contribution in [2.45, 2.75) is 39.2 Å². The molecular formula is C10H18O. The van der Waals surface area contributed by atoms with Gasteiger partial charge >= 0.3 is 0 Å². The highest BCUT2D eigenvalue weighted by Gasteiger charge is 2.34. The van der Waals surface area contributed by atoms with E-state index in [-0.39, 0.29) is 11.5 Å². The average Bonchev–Trinajstić information content (AvgIpc) is 1.98. The summed E-state index contributed by atoms with van der Waals surface area (Å²) in [4.78, 5) is 0. The van der Waals surface area contributed by atoms with Crippen molar-refractivity contribution in [3.63, 3.8) is 0 Å². The Morgan fingerprint density at radius 1 is 1.64 bits per heavy atom. The maximum atomic E-state index is 9.73. The SMILES string of the molecule is C=CC1(C)CCC(C)CC1O. The molecule has 0 heterocycles. The second kappa shape index (κ2) is 2.98. The van der Waals surface area contributed by atoms with E-state index in [0.29, 0.717) is 5.92 Å². The van der Waals surface area contributed by atoms with E-state index in [9.17, 15) is 5.11 Å². The van der Waals surface area contributed by atoms with E-state index < -0.39 is 0 Å². The van der Waals surface area contributed by atoms with Gasteiger partial charge in [-0.2, -0.15) is 0 Å². The molecule has 1 aliphatic rings. The molecule has 1 saturated carbocycles. The second-order valence-electron chi connectivity index (χ2n) is 4.11. The predicted octanol–water partition coefficient (Wildman–Crippen LogP) is 2.36. The number of hydrogen-bond acceptors (Lipinski definition) is 1. The molecule has 0 aromatic rings. The Balaban J connectivity index is 2.63. The van der Waals surface area contributed by atoms with E-state index in [1.54, 1.807) is 0 Å². The van der Waals surface area contributed by atoms with Crippen molar-refractivity contribution in [3.05, 3.63) is 12.7 Å². The van der Waals surface area contributed by atoms with Gasteiger partial charge in [-0.25, -0.2) is 0 Å². The Hall–Kier alpha value is -0.300. The monoisotopic (exact) mass is 154 g/mol. The van der Waals surface area contributed by atoms with Crippen LogP contribution in [0, 0.1) is 11.3 Å². The maximum absolute atomic E-state index is 9.73. The molecule has 11 heavy (non-hydrogen) atoms. The van der Waals surface area contributed by atoms with E-state index >= 15 is 0 Å². The van der Waals surface area contributed by atoms with E-state index in [1.807, 2.05) is 6.08 Å². The molecule has 0 spiro atoms. The Morgan fingerprint density at radius 3 is 2.73 bits per heavy atom. The lowest BCUT2D eigenvalue weighted by molar-refractivity contribution is 0.0137. The largest absolute Gasteiger partial charge is 0.392 e. The van der Waals surface area contributed by atoms with Crippen LogP contribution >= 0.6 is 0 Å². The molecule has 3 unspecified atom stereocenters. The van der Waals surface area contributed by atoms with Gasteiger partial charge in [0.25, 0.3) is 0 Å². The first-order valence-electron chi connectivity index (χ1n) is 4.40. The van der Waals surface area contributed by atoms with Crippen molar-refractivity contribution in [3.8, 4) is 0 Å². The fourth-order valence-corrected chi connectivity index (χ4v) is 1.73. The molecular weight excluding hydrogens is 136 g/mol. The van der Waals surface area contributed by atoms with Gasteiger partial charge in [0.2, 0.25) is 0 Å². The zero-order valence-electron chi connectivity index (χ0n) is 7.51. The molecule has 0 bridgehead atoms. The second-order valence-corrected chi connectivity index (χ2v) is 4.11. The van der Waals surface area contributed by atoms with Crippen LogP contribution in [-0.2, 0) is 0 Å². The normalized spacial score (nSPS) is 45.4. The summed E-state index contributed by atoms with van der Waals surface area (Å²) in [6.07, 6.45) is 4.97. The fourth-order valence-electron chi connectivity index (χ4n) is 1.73. The first-order chi connectivity index (χ1) is 5.08. The lowest BCUT2D eigenvalue weighted by atomic mass is 9.70. The van der Waals surface area contributed by atoms with Gasteiger partial charge < -0.3 is 5.11 Å². The molecule has 1 nitrogen and oxygen atoms in total. The third kappa shape index (κ3) is 1.64. The minimum Gasteiger partial charge on any atom is -0.392 e. The Labute approximate surface area is 69.1 Å². The van der Waals surface area contributed by atoms with Crippen LogP contribution < -0.4 is 0 Å². The van der Waals surface area contributed by atoms with Crippen LogP contribution in [0.15, 0.2) is 12.7 Å². The van der Waals surface area contributed by atoms with Crippen molar-refractivity contribution < 1.29 is 5.11 Å². The molecule has 0 aromatic heterocycles. The van der Waals surface area contributed by atoms with Crippen molar-refractivity contribution in [2.24, 2.45) is 11.3 Å².